The Balaban J connectivity index is 2.13. The second-order valence-electron chi connectivity index (χ2n) is 7.00. The summed E-state index contributed by atoms with van der Waals surface area (Å²) in [7, 11) is 0. The van der Waals surface area contributed by atoms with Gasteiger partial charge in [-0.3, -0.25) is 0 Å². The molecule has 0 spiro atoms. The number of aromatic nitrogens is 2. The monoisotopic (exact) mass is 387 g/mol. The molecule has 0 radical (unpaired) electrons. The maximum Gasteiger partial charge on any atom is 0.140 e. The SMILES string of the molecule is CCc1nc(C2CCC(C(C)(C)C)CC2)nc(N)c1I. The summed E-state index contributed by atoms with van der Waals surface area (Å²) in [4.78, 5) is 9.32. The molecule has 1 fully saturated rings. The number of anilines is 1. The zero-order chi connectivity index (χ0) is 14.9. The third-order valence-corrected chi connectivity index (χ3v) is 5.79. The Bertz CT molecular complexity index is 471. The summed E-state index contributed by atoms with van der Waals surface area (Å²) in [5.41, 5.74) is 7.57. The second-order valence-corrected chi connectivity index (χ2v) is 8.07. The molecule has 1 saturated carbocycles. The fraction of sp³-hybridized carbons (Fsp3) is 0.750. The van der Waals surface area contributed by atoms with Crippen LogP contribution in [-0.4, -0.2) is 9.97 Å². The number of nitrogens with two attached hydrogens (primary N) is 1. The minimum absolute atomic E-state index is 0.422. The van der Waals surface area contributed by atoms with Crippen molar-refractivity contribution in [3.63, 3.8) is 0 Å². The lowest BCUT2D eigenvalue weighted by Gasteiger charge is -2.36. The molecule has 20 heavy (non-hydrogen) atoms. The molecule has 2 rings (SSSR count). The molecule has 1 aliphatic carbocycles. The van der Waals surface area contributed by atoms with Crippen LogP contribution in [0.2, 0.25) is 0 Å². The van der Waals surface area contributed by atoms with E-state index in [1.54, 1.807) is 0 Å². The van der Waals surface area contributed by atoms with Crippen molar-refractivity contribution < 1.29 is 0 Å². The van der Waals surface area contributed by atoms with Crippen molar-refractivity contribution in [1.29, 1.82) is 0 Å². The van der Waals surface area contributed by atoms with Gasteiger partial charge in [-0.05, 0) is 66.0 Å². The quantitative estimate of drug-likeness (QED) is 0.758. The van der Waals surface area contributed by atoms with E-state index >= 15 is 0 Å². The molecule has 1 aromatic heterocycles. The van der Waals surface area contributed by atoms with Gasteiger partial charge in [-0.15, -0.1) is 0 Å². The minimum Gasteiger partial charge on any atom is -0.383 e. The topological polar surface area (TPSA) is 51.8 Å². The number of nitrogens with zero attached hydrogens (tertiary/aromatic N) is 2. The van der Waals surface area contributed by atoms with Crippen LogP contribution in [0.25, 0.3) is 0 Å². The first-order valence-corrected chi connectivity index (χ1v) is 8.72. The van der Waals surface area contributed by atoms with E-state index < -0.39 is 0 Å². The molecule has 1 heterocycles. The van der Waals surface area contributed by atoms with Gasteiger partial charge in [0, 0.05) is 5.92 Å². The Labute approximate surface area is 136 Å². The summed E-state index contributed by atoms with van der Waals surface area (Å²) >= 11 is 2.26. The number of halogens is 1. The van der Waals surface area contributed by atoms with E-state index in [4.69, 9.17) is 10.7 Å². The first-order chi connectivity index (χ1) is 9.32. The molecule has 0 unspecified atom stereocenters. The zero-order valence-corrected chi connectivity index (χ0v) is 15.2. The summed E-state index contributed by atoms with van der Waals surface area (Å²) < 4.78 is 1.03. The van der Waals surface area contributed by atoms with Gasteiger partial charge in [0.25, 0.3) is 0 Å². The molecule has 1 aliphatic rings. The Morgan fingerprint density at radius 2 is 1.75 bits per heavy atom. The van der Waals surface area contributed by atoms with Gasteiger partial charge in [0.05, 0.1) is 9.26 Å². The molecule has 1 aromatic rings. The van der Waals surface area contributed by atoms with E-state index in [1.165, 1.54) is 25.7 Å². The van der Waals surface area contributed by atoms with Crippen molar-refractivity contribution in [2.24, 2.45) is 11.3 Å². The van der Waals surface area contributed by atoms with Crippen LogP contribution in [0.15, 0.2) is 0 Å². The van der Waals surface area contributed by atoms with Gasteiger partial charge in [0.2, 0.25) is 0 Å². The highest BCUT2D eigenvalue weighted by molar-refractivity contribution is 14.1. The van der Waals surface area contributed by atoms with Crippen LogP contribution in [-0.2, 0) is 6.42 Å². The van der Waals surface area contributed by atoms with Gasteiger partial charge >= 0.3 is 0 Å². The van der Waals surface area contributed by atoms with E-state index in [0.29, 0.717) is 17.2 Å². The van der Waals surface area contributed by atoms with Crippen molar-refractivity contribution in [3.05, 3.63) is 15.1 Å². The molecule has 0 aliphatic heterocycles. The third kappa shape index (κ3) is 3.43. The summed E-state index contributed by atoms with van der Waals surface area (Å²) in [5, 5.41) is 0. The summed E-state index contributed by atoms with van der Waals surface area (Å²) in [6.45, 7) is 9.19. The average Bonchev–Trinajstić information content (AvgIpc) is 2.41. The largest absolute Gasteiger partial charge is 0.383 e. The normalized spacial score (nSPS) is 23.9. The summed E-state index contributed by atoms with van der Waals surface area (Å²) in [5.74, 6) is 2.96. The number of nitrogen functional groups attached to an aromatic ring is 1. The number of aryl methyl sites for hydroxylation is 1. The van der Waals surface area contributed by atoms with Crippen molar-refractivity contribution in [3.8, 4) is 0 Å². The molecule has 0 bridgehead atoms. The van der Waals surface area contributed by atoms with Crippen LogP contribution in [0.5, 0.6) is 0 Å². The van der Waals surface area contributed by atoms with Crippen molar-refractivity contribution in [2.75, 3.05) is 5.73 Å². The van der Waals surface area contributed by atoms with Gasteiger partial charge in [-0.25, -0.2) is 9.97 Å². The van der Waals surface area contributed by atoms with Crippen LogP contribution in [0.1, 0.15) is 70.8 Å². The predicted molar refractivity (Wildman–Crippen MR) is 92.7 cm³/mol. The van der Waals surface area contributed by atoms with Gasteiger partial charge in [-0.1, -0.05) is 27.7 Å². The molecule has 3 nitrogen and oxygen atoms in total. The lowest BCUT2D eigenvalue weighted by molar-refractivity contribution is 0.167. The molecular formula is C16H26IN3. The molecular weight excluding hydrogens is 361 g/mol. The third-order valence-electron chi connectivity index (χ3n) is 4.61. The van der Waals surface area contributed by atoms with E-state index in [0.717, 1.165) is 27.4 Å². The molecule has 0 amide bonds. The molecule has 0 saturated heterocycles. The van der Waals surface area contributed by atoms with Crippen LogP contribution in [0.3, 0.4) is 0 Å². The summed E-state index contributed by atoms with van der Waals surface area (Å²) in [6, 6.07) is 0. The highest BCUT2D eigenvalue weighted by Gasteiger charge is 2.31. The lowest BCUT2D eigenvalue weighted by Crippen LogP contribution is -2.26. The molecule has 112 valence electrons. The van der Waals surface area contributed by atoms with Crippen molar-refractivity contribution in [2.45, 2.75) is 65.7 Å². The van der Waals surface area contributed by atoms with Crippen molar-refractivity contribution in [1.82, 2.24) is 9.97 Å². The fourth-order valence-corrected chi connectivity index (χ4v) is 3.79. The predicted octanol–water partition coefficient (Wildman–Crippen LogP) is 4.55. The Hall–Kier alpha value is -0.390. The maximum absolute atomic E-state index is 6.04. The standard InChI is InChI=1S/C16H26IN3/c1-5-12-13(17)14(18)20-15(19-12)10-6-8-11(9-7-10)16(2,3)4/h10-11H,5-9H2,1-4H3,(H2,18,19,20). The van der Waals surface area contributed by atoms with Gasteiger partial charge < -0.3 is 5.73 Å². The Morgan fingerprint density at radius 3 is 2.25 bits per heavy atom. The van der Waals surface area contributed by atoms with Crippen LogP contribution >= 0.6 is 22.6 Å². The van der Waals surface area contributed by atoms with Crippen LogP contribution in [0.4, 0.5) is 5.82 Å². The Kier molecular flexibility index (Phi) is 4.92. The first-order valence-electron chi connectivity index (χ1n) is 7.64. The molecule has 4 heteroatoms. The first kappa shape index (κ1) is 16.0. The highest BCUT2D eigenvalue weighted by Crippen LogP contribution is 2.42. The Morgan fingerprint density at radius 1 is 1.15 bits per heavy atom. The second kappa shape index (κ2) is 6.16. The fourth-order valence-electron chi connectivity index (χ4n) is 3.17. The lowest BCUT2D eigenvalue weighted by atomic mass is 9.69. The minimum atomic E-state index is 0.422. The van der Waals surface area contributed by atoms with E-state index in [-0.39, 0.29) is 0 Å². The van der Waals surface area contributed by atoms with E-state index in [1.807, 2.05) is 0 Å². The maximum atomic E-state index is 6.04. The van der Waals surface area contributed by atoms with Gasteiger partial charge in [0.1, 0.15) is 11.6 Å². The van der Waals surface area contributed by atoms with Gasteiger partial charge in [0.15, 0.2) is 0 Å². The van der Waals surface area contributed by atoms with E-state index in [2.05, 4.69) is 55.3 Å². The molecule has 0 aromatic carbocycles. The van der Waals surface area contributed by atoms with Crippen LogP contribution < -0.4 is 5.73 Å². The molecule has 2 N–H and O–H groups in total. The average molecular weight is 387 g/mol. The van der Waals surface area contributed by atoms with E-state index in [9.17, 15) is 0 Å². The highest BCUT2D eigenvalue weighted by atomic mass is 127. The number of hydrogen-bond donors (Lipinski definition) is 1. The van der Waals surface area contributed by atoms with Gasteiger partial charge in [-0.2, -0.15) is 0 Å². The number of hydrogen-bond acceptors (Lipinski definition) is 3. The number of rotatable bonds is 2. The smallest absolute Gasteiger partial charge is 0.140 e. The van der Waals surface area contributed by atoms with Crippen LogP contribution in [0, 0.1) is 14.9 Å². The summed E-state index contributed by atoms with van der Waals surface area (Å²) in [6.07, 6.45) is 5.89. The molecule has 0 atom stereocenters. The zero-order valence-electron chi connectivity index (χ0n) is 13.0. The van der Waals surface area contributed by atoms with Crippen molar-refractivity contribution >= 4 is 28.4 Å².